The molecule has 1 fully saturated rings. The molecule has 172 valence electrons. The van der Waals surface area contributed by atoms with E-state index in [1.165, 1.54) is 18.3 Å². The van der Waals surface area contributed by atoms with Gasteiger partial charge in [0, 0.05) is 37.8 Å². The Labute approximate surface area is 192 Å². The van der Waals surface area contributed by atoms with Crippen molar-refractivity contribution in [1.29, 1.82) is 0 Å². The summed E-state index contributed by atoms with van der Waals surface area (Å²) < 4.78 is 23.3. The van der Waals surface area contributed by atoms with Crippen LogP contribution in [-0.2, 0) is 9.84 Å². The largest absolute Gasteiger partial charge is 0.397 e. The quantitative estimate of drug-likeness (QED) is 0.508. The number of hydrogen-bond acceptors (Lipinski definition) is 9. The number of carbonyl (C=O) groups is 1. The number of rotatable bonds is 5. The Morgan fingerprint density at radius 2 is 1.94 bits per heavy atom. The van der Waals surface area contributed by atoms with E-state index >= 15 is 0 Å². The zero-order valence-electron chi connectivity index (χ0n) is 18.1. The molecule has 1 aliphatic rings. The lowest BCUT2D eigenvalue weighted by Gasteiger charge is -2.33. The molecule has 0 spiro atoms. The van der Waals surface area contributed by atoms with Crippen molar-refractivity contribution < 1.29 is 13.2 Å². The van der Waals surface area contributed by atoms with Crippen LogP contribution in [0.4, 0.5) is 17.1 Å². The van der Waals surface area contributed by atoms with Crippen molar-refractivity contribution in [3.63, 3.8) is 0 Å². The lowest BCUT2D eigenvalue weighted by atomic mass is 10.1. The molecule has 4 rings (SSSR count). The molecule has 33 heavy (non-hydrogen) atoms. The number of carbonyl (C=O) groups excluding carboxylic acids is 1. The minimum absolute atomic E-state index is 0.0339. The molecule has 0 aromatic carbocycles. The SMILES string of the molecule is CS(=O)(=O)c1ccc(-c2ccc(N)c(C(=O)Nc3cnccc3N3CCC[C@H](N)C3)n2)nc1. The summed E-state index contributed by atoms with van der Waals surface area (Å²) in [7, 11) is -3.37. The summed E-state index contributed by atoms with van der Waals surface area (Å²) in [4.78, 5) is 28.0. The maximum absolute atomic E-state index is 13.1. The van der Waals surface area contributed by atoms with E-state index < -0.39 is 15.7 Å². The summed E-state index contributed by atoms with van der Waals surface area (Å²) in [5.41, 5.74) is 14.6. The highest BCUT2D eigenvalue weighted by molar-refractivity contribution is 7.90. The number of anilines is 3. The van der Waals surface area contributed by atoms with Crippen LogP contribution in [0.2, 0.25) is 0 Å². The molecule has 0 unspecified atom stereocenters. The maximum atomic E-state index is 13.1. The number of nitrogens with two attached hydrogens (primary N) is 2. The molecule has 1 amide bonds. The minimum atomic E-state index is -3.37. The van der Waals surface area contributed by atoms with Gasteiger partial charge >= 0.3 is 0 Å². The van der Waals surface area contributed by atoms with Crippen LogP contribution in [0.25, 0.3) is 11.4 Å². The van der Waals surface area contributed by atoms with E-state index in [0.29, 0.717) is 23.6 Å². The molecular weight excluding hydrogens is 442 g/mol. The Morgan fingerprint density at radius 3 is 2.64 bits per heavy atom. The lowest BCUT2D eigenvalue weighted by Crippen LogP contribution is -2.43. The fraction of sp³-hybridized carbons (Fsp3) is 0.273. The van der Waals surface area contributed by atoms with Gasteiger partial charge in [-0.3, -0.25) is 14.8 Å². The molecule has 0 radical (unpaired) electrons. The third kappa shape index (κ3) is 5.10. The number of nitrogens with zero attached hydrogens (tertiary/aromatic N) is 4. The number of amides is 1. The first kappa shape index (κ1) is 22.6. The smallest absolute Gasteiger partial charge is 0.276 e. The van der Waals surface area contributed by atoms with Crippen LogP contribution >= 0.6 is 0 Å². The molecular formula is C22H25N7O3S. The summed E-state index contributed by atoms with van der Waals surface area (Å²) >= 11 is 0. The van der Waals surface area contributed by atoms with Gasteiger partial charge in [-0.25, -0.2) is 13.4 Å². The van der Waals surface area contributed by atoms with Gasteiger partial charge in [0.05, 0.1) is 39.5 Å². The molecule has 4 heterocycles. The summed E-state index contributed by atoms with van der Waals surface area (Å²) in [6.07, 6.45) is 7.56. The Morgan fingerprint density at radius 1 is 1.15 bits per heavy atom. The number of hydrogen-bond donors (Lipinski definition) is 3. The van der Waals surface area contributed by atoms with Crippen molar-refractivity contribution in [2.24, 2.45) is 5.73 Å². The number of aromatic nitrogens is 3. The molecule has 11 heteroatoms. The Kier molecular flexibility index (Phi) is 6.25. The average molecular weight is 468 g/mol. The summed E-state index contributed by atoms with van der Waals surface area (Å²) in [5.74, 6) is -0.488. The van der Waals surface area contributed by atoms with Crippen molar-refractivity contribution in [2.75, 3.05) is 35.3 Å². The second-order valence-corrected chi connectivity index (χ2v) is 10.00. The van der Waals surface area contributed by atoms with Crippen molar-refractivity contribution in [3.05, 3.63) is 54.6 Å². The van der Waals surface area contributed by atoms with Gasteiger partial charge < -0.3 is 21.7 Å². The molecule has 1 saturated heterocycles. The molecule has 5 N–H and O–H groups in total. The van der Waals surface area contributed by atoms with Crippen molar-refractivity contribution in [3.8, 4) is 11.4 Å². The fourth-order valence-electron chi connectivity index (χ4n) is 3.72. The average Bonchev–Trinajstić information content (AvgIpc) is 2.79. The first-order valence-electron chi connectivity index (χ1n) is 10.4. The second-order valence-electron chi connectivity index (χ2n) is 7.98. The maximum Gasteiger partial charge on any atom is 0.276 e. The van der Waals surface area contributed by atoms with Crippen LogP contribution in [0.15, 0.2) is 53.8 Å². The summed E-state index contributed by atoms with van der Waals surface area (Å²) in [5, 5.41) is 2.86. The predicted octanol–water partition coefficient (Wildman–Crippen LogP) is 1.70. The highest BCUT2D eigenvalue weighted by Crippen LogP contribution is 2.28. The molecule has 0 saturated carbocycles. The van der Waals surface area contributed by atoms with E-state index in [9.17, 15) is 13.2 Å². The third-order valence-corrected chi connectivity index (χ3v) is 6.51. The van der Waals surface area contributed by atoms with Crippen LogP contribution in [0, 0.1) is 0 Å². The molecule has 0 aliphatic carbocycles. The van der Waals surface area contributed by atoms with E-state index in [0.717, 1.165) is 31.3 Å². The van der Waals surface area contributed by atoms with Crippen LogP contribution in [0.1, 0.15) is 23.3 Å². The number of piperidine rings is 1. The van der Waals surface area contributed by atoms with Crippen molar-refractivity contribution in [1.82, 2.24) is 15.0 Å². The predicted molar refractivity (Wildman–Crippen MR) is 127 cm³/mol. The summed E-state index contributed by atoms with van der Waals surface area (Å²) in [6.45, 7) is 1.53. The lowest BCUT2D eigenvalue weighted by molar-refractivity contribution is 0.102. The summed E-state index contributed by atoms with van der Waals surface area (Å²) in [6, 6.07) is 8.09. The normalized spacial score (nSPS) is 16.4. The van der Waals surface area contributed by atoms with E-state index in [1.54, 1.807) is 24.5 Å². The topological polar surface area (TPSA) is 157 Å². The first-order valence-corrected chi connectivity index (χ1v) is 12.3. The number of pyridine rings is 3. The molecule has 0 bridgehead atoms. The van der Waals surface area contributed by atoms with Gasteiger partial charge in [0.2, 0.25) is 0 Å². The highest BCUT2D eigenvalue weighted by atomic mass is 32.2. The van der Waals surface area contributed by atoms with Crippen molar-refractivity contribution in [2.45, 2.75) is 23.8 Å². The molecule has 1 aliphatic heterocycles. The van der Waals surface area contributed by atoms with E-state index in [4.69, 9.17) is 11.5 Å². The van der Waals surface area contributed by atoms with Crippen molar-refractivity contribution >= 4 is 32.8 Å². The zero-order valence-corrected chi connectivity index (χ0v) is 18.9. The standard InChI is InChI=1S/C22H25N7O3S/c1-33(31,32)15-4-6-17(26-11-15)18-7-5-16(24)21(27-18)22(30)28-19-12-25-9-8-20(19)29-10-2-3-14(23)13-29/h4-9,11-12,14H,2-3,10,13,23-24H2,1H3,(H,28,30)/t14-/m0/s1. The molecule has 3 aromatic rings. The van der Waals surface area contributed by atoms with Gasteiger partial charge in [-0.1, -0.05) is 0 Å². The number of nitrogen functional groups attached to an aromatic ring is 1. The monoisotopic (exact) mass is 467 g/mol. The van der Waals surface area contributed by atoms with Gasteiger partial charge in [0.15, 0.2) is 15.5 Å². The molecule has 1 atom stereocenters. The van der Waals surface area contributed by atoms with Gasteiger partial charge in [0.1, 0.15) is 0 Å². The van der Waals surface area contributed by atoms with Crippen LogP contribution in [-0.4, -0.2) is 54.7 Å². The number of sulfone groups is 1. The first-order chi connectivity index (χ1) is 15.7. The van der Waals surface area contributed by atoms with E-state index in [2.05, 4.69) is 25.2 Å². The molecule has 10 nitrogen and oxygen atoms in total. The van der Waals surface area contributed by atoms with E-state index in [-0.39, 0.29) is 22.3 Å². The Bertz CT molecular complexity index is 1280. The van der Waals surface area contributed by atoms with E-state index in [1.807, 2.05) is 6.07 Å². The van der Waals surface area contributed by atoms with Gasteiger partial charge in [-0.15, -0.1) is 0 Å². The van der Waals surface area contributed by atoms with Gasteiger partial charge in [-0.05, 0) is 43.2 Å². The Balaban J connectivity index is 1.60. The van der Waals surface area contributed by atoms with Gasteiger partial charge in [-0.2, -0.15) is 0 Å². The zero-order chi connectivity index (χ0) is 23.6. The Hall–Kier alpha value is -3.57. The minimum Gasteiger partial charge on any atom is -0.397 e. The third-order valence-electron chi connectivity index (χ3n) is 5.41. The van der Waals surface area contributed by atoms with Crippen LogP contribution in [0.5, 0.6) is 0 Å². The number of nitrogens with one attached hydrogen (secondary N) is 1. The van der Waals surface area contributed by atoms with Crippen LogP contribution < -0.4 is 21.7 Å². The highest BCUT2D eigenvalue weighted by Gasteiger charge is 2.21. The molecule has 3 aromatic heterocycles. The fourth-order valence-corrected chi connectivity index (χ4v) is 4.27. The van der Waals surface area contributed by atoms with Crippen LogP contribution in [0.3, 0.4) is 0 Å². The second kappa shape index (κ2) is 9.12. The van der Waals surface area contributed by atoms with Gasteiger partial charge in [0.25, 0.3) is 5.91 Å².